The number of carbonyl (C=O) groups is 1. The van der Waals surface area contributed by atoms with Crippen LogP contribution in [0.15, 0.2) is 41.1 Å². The number of piperidine rings is 1. The standard InChI is InChI=1S/C20H17F3N4O2/c1-11-2-3-12(10-27(11)20(28)15-6-4-13(21)8-16(15)23)18-25-19(29-26-18)17-7-5-14(22)9-24-17/h4-9,11-12H,2-3,10H2,1H3/t11-,12+/m1/s1. The lowest BCUT2D eigenvalue weighted by molar-refractivity contribution is 0.0600. The summed E-state index contributed by atoms with van der Waals surface area (Å²) >= 11 is 0. The highest BCUT2D eigenvalue weighted by atomic mass is 19.1. The molecule has 4 rings (SSSR count). The molecule has 6 nitrogen and oxygen atoms in total. The van der Waals surface area contributed by atoms with Crippen molar-refractivity contribution in [2.75, 3.05) is 6.54 Å². The van der Waals surface area contributed by atoms with Gasteiger partial charge in [-0.2, -0.15) is 4.98 Å². The first kappa shape index (κ1) is 19.1. The van der Waals surface area contributed by atoms with Gasteiger partial charge in [-0.3, -0.25) is 4.79 Å². The van der Waals surface area contributed by atoms with E-state index in [1.54, 1.807) is 0 Å². The Labute approximate surface area is 164 Å². The zero-order chi connectivity index (χ0) is 20.5. The highest BCUT2D eigenvalue weighted by molar-refractivity contribution is 5.94. The highest BCUT2D eigenvalue weighted by Crippen LogP contribution is 2.31. The Bertz CT molecular complexity index is 1040. The molecule has 0 spiro atoms. The van der Waals surface area contributed by atoms with Crippen molar-refractivity contribution in [3.63, 3.8) is 0 Å². The Kier molecular flexibility index (Phi) is 5.04. The number of likely N-dealkylation sites (tertiary alicyclic amines) is 1. The van der Waals surface area contributed by atoms with Crippen LogP contribution < -0.4 is 0 Å². The molecule has 0 N–H and O–H groups in total. The summed E-state index contributed by atoms with van der Waals surface area (Å²) in [6.07, 6.45) is 2.43. The monoisotopic (exact) mass is 402 g/mol. The number of pyridine rings is 1. The zero-order valence-corrected chi connectivity index (χ0v) is 15.5. The third kappa shape index (κ3) is 3.85. The molecule has 3 heterocycles. The summed E-state index contributed by atoms with van der Waals surface area (Å²) < 4.78 is 45.5. The molecule has 1 fully saturated rings. The van der Waals surface area contributed by atoms with Gasteiger partial charge in [-0.05, 0) is 44.0 Å². The Morgan fingerprint density at radius 1 is 1.14 bits per heavy atom. The number of halogens is 3. The first-order valence-electron chi connectivity index (χ1n) is 9.14. The van der Waals surface area contributed by atoms with E-state index >= 15 is 0 Å². The predicted octanol–water partition coefficient (Wildman–Crippen LogP) is 3.96. The Morgan fingerprint density at radius 3 is 2.66 bits per heavy atom. The van der Waals surface area contributed by atoms with Gasteiger partial charge in [-0.1, -0.05) is 5.16 Å². The molecule has 1 amide bonds. The van der Waals surface area contributed by atoms with Crippen LogP contribution in [0.25, 0.3) is 11.6 Å². The van der Waals surface area contributed by atoms with Gasteiger partial charge in [0, 0.05) is 24.6 Å². The van der Waals surface area contributed by atoms with E-state index in [9.17, 15) is 18.0 Å². The molecule has 0 aliphatic carbocycles. The third-order valence-electron chi connectivity index (χ3n) is 5.06. The van der Waals surface area contributed by atoms with Crippen molar-refractivity contribution in [1.82, 2.24) is 20.0 Å². The maximum atomic E-state index is 14.1. The fourth-order valence-corrected chi connectivity index (χ4v) is 3.43. The fourth-order valence-electron chi connectivity index (χ4n) is 3.43. The first-order valence-corrected chi connectivity index (χ1v) is 9.14. The summed E-state index contributed by atoms with van der Waals surface area (Å²) in [5.74, 6) is -2.28. The molecule has 9 heteroatoms. The van der Waals surface area contributed by atoms with Crippen LogP contribution in [0.5, 0.6) is 0 Å². The van der Waals surface area contributed by atoms with E-state index < -0.39 is 23.4 Å². The molecular weight excluding hydrogens is 385 g/mol. The van der Waals surface area contributed by atoms with Crippen LogP contribution in [0.3, 0.4) is 0 Å². The van der Waals surface area contributed by atoms with Crippen LogP contribution >= 0.6 is 0 Å². The van der Waals surface area contributed by atoms with Crippen molar-refractivity contribution in [2.24, 2.45) is 0 Å². The molecule has 3 aromatic rings. The average molecular weight is 402 g/mol. The maximum Gasteiger partial charge on any atom is 0.276 e. The van der Waals surface area contributed by atoms with E-state index in [0.717, 1.165) is 18.3 Å². The minimum Gasteiger partial charge on any atom is -0.335 e. The molecule has 1 saturated heterocycles. The Hall–Kier alpha value is -3.23. The second-order valence-electron chi connectivity index (χ2n) is 7.02. The second-order valence-corrected chi connectivity index (χ2v) is 7.02. The summed E-state index contributed by atoms with van der Waals surface area (Å²) in [4.78, 5) is 22.6. The molecule has 1 aromatic carbocycles. The SMILES string of the molecule is C[C@@H]1CC[C@H](c2noc(-c3ccc(F)cn3)n2)CN1C(=O)c1ccc(F)cc1F. The molecule has 2 atom stereocenters. The predicted molar refractivity (Wildman–Crippen MR) is 96.3 cm³/mol. The van der Waals surface area contributed by atoms with E-state index in [1.807, 2.05) is 6.92 Å². The number of nitrogens with zero attached hydrogens (tertiary/aromatic N) is 4. The smallest absolute Gasteiger partial charge is 0.276 e. The first-order chi connectivity index (χ1) is 13.9. The lowest BCUT2D eigenvalue weighted by Crippen LogP contribution is -2.45. The lowest BCUT2D eigenvalue weighted by atomic mass is 9.92. The van der Waals surface area contributed by atoms with Crippen molar-refractivity contribution >= 4 is 5.91 Å². The number of rotatable bonds is 3. The summed E-state index contributed by atoms with van der Waals surface area (Å²) in [5, 5.41) is 3.98. The zero-order valence-electron chi connectivity index (χ0n) is 15.5. The average Bonchev–Trinajstić information content (AvgIpc) is 3.18. The van der Waals surface area contributed by atoms with E-state index in [1.165, 1.54) is 17.0 Å². The lowest BCUT2D eigenvalue weighted by Gasteiger charge is -2.37. The van der Waals surface area contributed by atoms with Gasteiger partial charge in [0.15, 0.2) is 5.82 Å². The van der Waals surface area contributed by atoms with Crippen molar-refractivity contribution in [2.45, 2.75) is 31.7 Å². The van der Waals surface area contributed by atoms with Gasteiger partial charge in [-0.25, -0.2) is 18.2 Å². The van der Waals surface area contributed by atoms with Gasteiger partial charge in [0.1, 0.15) is 23.1 Å². The molecule has 0 radical (unpaired) electrons. The molecule has 29 heavy (non-hydrogen) atoms. The molecule has 2 aromatic heterocycles. The number of carbonyl (C=O) groups excluding carboxylic acids is 1. The quantitative estimate of drug-likeness (QED) is 0.663. The highest BCUT2D eigenvalue weighted by Gasteiger charge is 2.33. The largest absolute Gasteiger partial charge is 0.335 e. The molecular formula is C20H17F3N4O2. The van der Waals surface area contributed by atoms with Crippen LogP contribution in [0.2, 0.25) is 0 Å². The molecule has 0 bridgehead atoms. The molecule has 1 aliphatic rings. The normalized spacial score (nSPS) is 19.4. The molecule has 150 valence electrons. The van der Waals surface area contributed by atoms with Gasteiger partial charge >= 0.3 is 0 Å². The van der Waals surface area contributed by atoms with Crippen LogP contribution in [-0.2, 0) is 0 Å². The summed E-state index contributed by atoms with van der Waals surface area (Å²) in [5.41, 5.74) is 0.166. The molecule has 1 aliphatic heterocycles. The topological polar surface area (TPSA) is 72.1 Å². The van der Waals surface area contributed by atoms with E-state index in [4.69, 9.17) is 4.52 Å². The molecule has 0 unspecified atom stereocenters. The minimum absolute atomic E-state index is 0.117. The number of hydrogen-bond acceptors (Lipinski definition) is 5. The van der Waals surface area contributed by atoms with Gasteiger partial charge in [0.05, 0.1) is 11.8 Å². The third-order valence-corrected chi connectivity index (χ3v) is 5.06. The minimum atomic E-state index is -0.895. The van der Waals surface area contributed by atoms with Crippen LogP contribution in [0.1, 0.15) is 41.9 Å². The summed E-state index contributed by atoms with van der Waals surface area (Å²) in [7, 11) is 0. The van der Waals surface area contributed by atoms with E-state index in [-0.39, 0.29) is 30.0 Å². The van der Waals surface area contributed by atoms with Crippen LogP contribution in [0.4, 0.5) is 13.2 Å². The maximum absolute atomic E-state index is 14.1. The van der Waals surface area contributed by atoms with Crippen molar-refractivity contribution in [3.8, 4) is 11.6 Å². The van der Waals surface area contributed by atoms with Crippen LogP contribution in [-0.4, -0.2) is 38.5 Å². The van der Waals surface area contributed by atoms with Crippen molar-refractivity contribution in [3.05, 3.63) is 65.4 Å². The van der Waals surface area contributed by atoms with Crippen molar-refractivity contribution < 1.29 is 22.5 Å². The van der Waals surface area contributed by atoms with Gasteiger partial charge in [-0.15, -0.1) is 0 Å². The summed E-state index contributed by atoms with van der Waals surface area (Å²) in [6.45, 7) is 2.15. The van der Waals surface area contributed by atoms with Crippen molar-refractivity contribution in [1.29, 1.82) is 0 Å². The number of amides is 1. The van der Waals surface area contributed by atoms with Gasteiger partial charge in [0.2, 0.25) is 0 Å². The summed E-state index contributed by atoms with van der Waals surface area (Å²) in [6, 6.07) is 5.46. The van der Waals surface area contributed by atoms with Crippen LogP contribution in [0, 0.1) is 17.5 Å². The number of benzene rings is 1. The fraction of sp³-hybridized carbons (Fsp3) is 0.300. The Balaban J connectivity index is 1.54. The second kappa shape index (κ2) is 7.65. The Morgan fingerprint density at radius 2 is 1.93 bits per heavy atom. The number of hydrogen-bond donors (Lipinski definition) is 0. The van der Waals surface area contributed by atoms with Gasteiger partial charge in [0.25, 0.3) is 11.8 Å². The number of aromatic nitrogens is 3. The van der Waals surface area contributed by atoms with Gasteiger partial charge < -0.3 is 9.42 Å². The van der Waals surface area contributed by atoms with E-state index in [2.05, 4.69) is 15.1 Å². The van der Waals surface area contributed by atoms with E-state index in [0.29, 0.717) is 30.4 Å². The molecule has 0 saturated carbocycles.